The Bertz CT molecular complexity index is 1100. The van der Waals surface area contributed by atoms with Crippen molar-refractivity contribution in [3.8, 4) is 0 Å². The molecule has 2 fully saturated rings. The van der Waals surface area contributed by atoms with Crippen molar-refractivity contribution >= 4 is 17.5 Å². The second kappa shape index (κ2) is 6.40. The van der Waals surface area contributed by atoms with Crippen molar-refractivity contribution in [3.05, 3.63) is 34.3 Å². The average Bonchev–Trinajstić information content (AvgIpc) is 3.29. The molecule has 8 heteroatoms. The lowest BCUT2D eigenvalue weighted by molar-refractivity contribution is -0.147. The van der Waals surface area contributed by atoms with Gasteiger partial charge in [0, 0.05) is 47.0 Å². The summed E-state index contributed by atoms with van der Waals surface area (Å²) in [6.45, 7) is 4.12. The monoisotopic (exact) mass is 442 g/mol. The molecule has 6 rings (SSSR count). The minimum Gasteiger partial charge on any atom is -0.469 e. The van der Waals surface area contributed by atoms with E-state index in [0.717, 1.165) is 11.1 Å². The van der Waals surface area contributed by atoms with Gasteiger partial charge in [0.25, 0.3) is 0 Å². The summed E-state index contributed by atoms with van der Waals surface area (Å²) in [6.07, 6.45) is 1.60. The molecule has 5 aliphatic rings. The van der Waals surface area contributed by atoms with Gasteiger partial charge in [-0.05, 0) is 25.3 Å². The zero-order valence-corrected chi connectivity index (χ0v) is 18.6. The van der Waals surface area contributed by atoms with Crippen molar-refractivity contribution in [2.75, 3.05) is 20.8 Å². The highest BCUT2D eigenvalue weighted by atomic mass is 16.8. The van der Waals surface area contributed by atoms with Crippen LogP contribution < -0.4 is 0 Å². The molecular weight excluding hydrogens is 416 g/mol. The molecule has 0 N–H and O–H groups in total. The topological polar surface area (TPSA) is 105 Å². The van der Waals surface area contributed by atoms with E-state index in [9.17, 15) is 14.4 Å². The summed E-state index contributed by atoms with van der Waals surface area (Å²) < 4.78 is 28.6. The predicted molar refractivity (Wildman–Crippen MR) is 108 cm³/mol. The Kier molecular flexibility index (Phi) is 4.06. The van der Waals surface area contributed by atoms with E-state index in [0.29, 0.717) is 30.4 Å². The molecule has 2 unspecified atom stereocenters. The van der Waals surface area contributed by atoms with Gasteiger partial charge in [0.2, 0.25) is 5.78 Å². The molecule has 1 aromatic rings. The molecule has 3 aliphatic carbocycles. The number of fused-ring (bicyclic) bond motifs is 5. The number of hydrogen-bond acceptors (Lipinski definition) is 8. The smallest absolute Gasteiger partial charge is 0.312 e. The molecule has 1 saturated heterocycles. The molecule has 1 saturated carbocycles. The van der Waals surface area contributed by atoms with E-state index < -0.39 is 35.1 Å². The third-order valence-corrected chi connectivity index (χ3v) is 8.53. The molecule has 7 atom stereocenters. The van der Waals surface area contributed by atoms with Crippen LogP contribution in [-0.4, -0.2) is 50.8 Å². The highest BCUT2D eigenvalue weighted by Gasteiger charge is 2.66. The van der Waals surface area contributed by atoms with Crippen LogP contribution in [-0.2, 0) is 34.0 Å². The van der Waals surface area contributed by atoms with Gasteiger partial charge in [-0.2, -0.15) is 0 Å². The van der Waals surface area contributed by atoms with Crippen molar-refractivity contribution in [2.45, 2.75) is 57.0 Å². The van der Waals surface area contributed by atoms with E-state index in [2.05, 4.69) is 0 Å². The minimum atomic E-state index is -0.862. The first kappa shape index (κ1) is 20.3. The number of rotatable bonds is 3. The Labute approximate surface area is 185 Å². The van der Waals surface area contributed by atoms with Crippen LogP contribution in [0.25, 0.3) is 0 Å². The number of furan rings is 1. The quantitative estimate of drug-likeness (QED) is 0.520. The Balaban J connectivity index is 1.67. The van der Waals surface area contributed by atoms with Crippen LogP contribution in [0.4, 0.5) is 0 Å². The van der Waals surface area contributed by atoms with Crippen molar-refractivity contribution in [3.63, 3.8) is 0 Å². The summed E-state index contributed by atoms with van der Waals surface area (Å²) in [5.74, 6) is -1.34. The Morgan fingerprint density at radius 2 is 2.00 bits per heavy atom. The van der Waals surface area contributed by atoms with Gasteiger partial charge in [-0.25, -0.2) is 0 Å². The molecule has 170 valence electrons. The maximum atomic E-state index is 13.9. The lowest BCUT2D eigenvalue weighted by atomic mass is 9.52. The largest absolute Gasteiger partial charge is 0.469 e. The SMILES string of the molecule is COC[C@H]1O[C@@H]2OC2c2coc3c2[C@@]1(C)C1=C(C3=O)C2CCC(=O)[C@@]2(C)C[C@H]1C(=O)OC. The molecule has 0 bridgehead atoms. The molecule has 1 aromatic heterocycles. The van der Waals surface area contributed by atoms with E-state index in [1.807, 2.05) is 13.8 Å². The minimum absolute atomic E-state index is 0.0899. The number of ether oxygens (including phenoxy) is 4. The van der Waals surface area contributed by atoms with Crippen molar-refractivity contribution < 1.29 is 37.7 Å². The second-order valence-electron chi connectivity index (χ2n) is 9.97. The first-order valence-electron chi connectivity index (χ1n) is 11.1. The normalized spacial score (nSPS) is 41.4. The van der Waals surface area contributed by atoms with Gasteiger partial charge in [0.15, 0.2) is 12.1 Å². The summed E-state index contributed by atoms with van der Waals surface area (Å²) in [7, 11) is 2.93. The van der Waals surface area contributed by atoms with Crippen LogP contribution in [0.1, 0.15) is 60.9 Å². The fourth-order valence-electron chi connectivity index (χ4n) is 6.91. The Hall–Kier alpha value is -2.29. The lowest BCUT2D eigenvalue weighted by Gasteiger charge is -2.50. The molecule has 8 nitrogen and oxygen atoms in total. The zero-order valence-electron chi connectivity index (χ0n) is 18.6. The number of allylic oxidation sites excluding steroid dienone is 1. The number of methoxy groups -OCH3 is 2. The van der Waals surface area contributed by atoms with E-state index in [-0.39, 0.29) is 36.0 Å². The lowest BCUT2D eigenvalue weighted by Crippen LogP contribution is -2.54. The van der Waals surface area contributed by atoms with Crippen LogP contribution >= 0.6 is 0 Å². The number of hydrogen-bond donors (Lipinski definition) is 0. The van der Waals surface area contributed by atoms with Crippen LogP contribution in [0.3, 0.4) is 0 Å². The molecule has 0 radical (unpaired) electrons. The summed E-state index contributed by atoms with van der Waals surface area (Å²) in [5, 5.41) is 0. The number of ketones is 2. The van der Waals surface area contributed by atoms with E-state index in [4.69, 9.17) is 23.4 Å². The maximum Gasteiger partial charge on any atom is 0.312 e. The fourth-order valence-corrected chi connectivity index (χ4v) is 6.91. The highest BCUT2D eigenvalue weighted by Crippen LogP contribution is 2.64. The standard InChI is InChI=1S/C24H26O8/c1-23-7-10(21(27)29-4)16-15(12(23)5-6-13(23)25)18(26)20-17-11(8-30-20)19-22(32-19)31-14(9-28-3)24(16,17)2/h8,10,12,14,19,22H,5-7,9H2,1-4H3/t10-,12?,14-,19?,22-,23+,24-/m1/s1. The highest BCUT2D eigenvalue weighted by molar-refractivity contribution is 6.13. The number of Topliss-reactive ketones (excluding diaryl/α,β-unsaturated/α-hetero) is 2. The molecule has 2 aliphatic heterocycles. The number of carbonyl (C=O) groups excluding carboxylic acids is 3. The van der Waals surface area contributed by atoms with Gasteiger partial charge in [0.1, 0.15) is 11.9 Å². The van der Waals surface area contributed by atoms with Crippen LogP contribution in [0.2, 0.25) is 0 Å². The van der Waals surface area contributed by atoms with E-state index in [1.54, 1.807) is 13.4 Å². The molecular formula is C24H26O8. The first-order valence-corrected chi connectivity index (χ1v) is 11.1. The van der Waals surface area contributed by atoms with Crippen molar-refractivity contribution in [1.82, 2.24) is 0 Å². The van der Waals surface area contributed by atoms with Gasteiger partial charge >= 0.3 is 5.97 Å². The van der Waals surface area contributed by atoms with Gasteiger partial charge in [-0.1, -0.05) is 6.92 Å². The summed E-state index contributed by atoms with van der Waals surface area (Å²) in [5.41, 5.74) is 1.08. The fraction of sp³-hybridized carbons (Fsp3) is 0.625. The van der Waals surface area contributed by atoms with Gasteiger partial charge in [-0.15, -0.1) is 0 Å². The third kappa shape index (κ3) is 2.25. The van der Waals surface area contributed by atoms with Crippen molar-refractivity contribution in [1.29, 1.82) is 0 Å². The van der Waals surface area contributed by atoms with E-state index in [1.165, 1.54) is 7.11 Å². The van der Waals surface area contributed by atoms with Gasteiger partial charge in [-0.3, -0.25) is 14.4 Å². The Morgan fingerprint density at radius 3 is 2.72 bits per heavy atom. The average molecular weight is 442 g/mol. The number of carbonyl (C=O) groups is 3. The molecule has 32 heavy (non-hydrogen) atoms. The second-order valence-corrected chi connectivity index (χ2v) is 9.97. The summed E-state index contributed by atoms with van der Waals surface area (Å²) in [6, 6.07) is 0. The maximum absolute atomic E-state index is 13.9. The molecule has 0 spiro atoms. The number of epoxide rings is 1. The third-order valence-electron chi connectivity index (χ3n) is 8.53. The summed E-state index contributed by atoms with van der Waals surface area (Å²) in [4.78, 5) is 40.0. The van der Waals surface area contributed by atoms with Gasteiger partial charge < -0.3 is 23.4 Å². The predicted octanol–water partition coefficient (Wildman–Crippen LogP) is 2.65. The van der Waals surface area contributed by atoms with Crippen LogP contribution in [0, 0.1) is 17.3 Å². The van der Waals surface area contributed by atoms with Crippen LogP contribution in [0.5, 0.6) is 0 Å². The zero-order chi connectivity index (χ0) is 22.6. The van der Waals surface area contributed by atoms with Crippen molar-refractivity contribution in [2.24, 2.45) is 17.3 Å². The molecule has 0 amide bonds. The number of esters is 1. The Morgan fingerprint density at radius 1 is 1.22 bits per heavy atom. The van der Waals surface area contributed by atoms with Gasteiger partial charge in [0.05, 0.1) is 32.0 Å². The molecule has 0 aromatic carbocycles. The summed E-state index contributed by atoms with van der Waals surface area (Å²) >= 11 is 0. The van der Waals surface area contributed by atoms with E-state index >= 15 is 0 Å². The first-order chi connectivity index (χ1) is 15.3. The van der Waals surface area contributed by atoms with Crippen LogP contribution in [0.15, 0.2) is 21.8 Å². The molecule has 3 heterocycles.